The smallest absolute Gasteiger partial charge is 0.289 e. The number of anilines is 1. The molecule has 2 amide bonds. The molecule has 0 radical (unpaired) electrons. The topological polar surface area (TPSA) is 91.8 Å². The van der Waals surface area contributed by atoms with Crippen molar-refractivity contribution >= 4 is 17.6 Å². The average molecular weight is 394 g/mol. The molecule has 0 saturated carbocycles. The Morgan fingerprint density at radius 3 is 2.45 bits per heavy atom. The molecule has 4 rings (SSSR count). The van der Waals surface area contributed by atoms with Crippen LogP contribution >= 0.6 is 0 Å². The van der Waals surface area contributed by atoms with Crippen LogP contribution in [0.2, 0.25) is 0 Å². The van der Waals surface area contributed by atoms with Gasteiger partial charge in [-0.25, -0.2) is 0 Å². The number of aryl methyl sites for hydroxylation is 1. The second-order valence-electron chi connectivity index (χ2n) is 6.93. The van der Waals surface area contributed by atoms with Crippen molar-refractivity contribution in [1.82, 2.24) is 15.0 Å². The first-order chi connectivity index (χ1) is 14.1. The fourth-order valence-corrected chi connectivity index (χ4v) is 3.52. The number of nitrogens with one attached hydrogen (secondary N) is 1. The number of hydrogen-bond acceptors (Lipinski definition) is 6. The van der Waals surface area contributed by atoms with Gasteiger partial charge in [0.05, 0.1) is 6.26 Å². The second-order valence-corrected chi connectivity index (χ2v) is 6.93. The molecule has 29 heavy (non-hydrogen) atoms. The highest BCUT2D eigenvalue weighted by Crippen LogP contribution is 2.25. The summed E-state index contributed by atoms with van der Waals surface area (Å²) >= 11 is 0. The predicted octanol–water partition coefficient (Wildman–Crippen LogP) is 2.71. The molecule has 1 saturated heterocycles. The van der Waals surface area contributed by atoms with Gasteiger partial charge in [0.2, 0.25) is 5.91 Å². The lowest BCUT2D eigenvalue weighted by atomic mass is 10.0. The monoisotopic (exact) mass is 394 g/mol. The number of carbonyl (C=O) groups excluding carboxylic acids is 2. The van der Waals surface area contributed by atoms with Gasteiger partial charge in [0.25, 0.3) is 5.91 Å². The summed E-state index contributed by atoms with van der Waals surface area (Å²) in [4.78, 5) is 29.4. The van der Waals surface area contributed by atoms with Crippen molar-refractivity contribution in [2.24, 2.45) is 0 Å². The standard InChI is InChI=1S/C21H22N4O4/c1-15-14-18(23-29-15)22-20(26)19(16-6-3-2-4-7-16)24-9-11-25(12-10-24)21(27)17-8-5-13-28-17/h2-8,13-14,19H,9-12H2,1H3,(H,22,23,26). The van der Waals surface area contributed by atoms with E-state index >= 15 is 0 Å². The summed E-state index contributed by atoms with van der Waals surface area (Å²) in [5, 5.41) is 6.69. The van der Waals surface area contributed by atoms with Crippen molar-refractivity contribution < 1.29 is 18.5 Å². The Bertz CT molecular complexity index is 960. The molecule has 1 fully saturated rings. The van der Waals surface area contributed by atoms with Gasteiger partial charge in [-0.2, -0.15) is 0 Å². The van der Waals surface area contributed by atoms with Crippen LogP contribution in [0.3, 0.4) is 0 Å². The van der Waals surface area contributed by atoms with E-state index in [0.29, 0.717) is 43.5 Å². The maximum Gasteiger partial charge on any atom is 0.289 e. The lowest BCUT2D eigenvalue weighted by molar-refractivity contribution is -0.122. The Morgan fingerprint density at radius 2 is 1.83 bits per heavy atom. The minimum absolute atomic E-state index is 0.131. The van der Waals surface area contributed by atoms with Gasteiger partial charge in [0.15, 0.2) is 11.6 Å². The van der Waals surface area contributed by atoms with E-state index in [2.05, 4.69) is 15.4 Å². The lowest BCUT2D eigenvalue weighted by Crippen LogP contribution is -2.51. The van der Waals surface area contributed by atoms with E-state index in [1.165, 1.54) is 6.26 Å². The second kappa shape index (κ2) is 8.32. The first kappa shape index (κ1) is 18.9. The van der Waals surface area contributed by atoms with E-state index in [0.717, 1.165) is 5.56 Å². The van der Waals surface area contributed by atoms with E-state index in [4.69, 9.17) is 8.94 Å². The molecular formula is C21H22N4O4. The number of furan rings is 1. The number of benzene rings is 1. The van der Waals surface area contributed by atoms with E-state index < -0.39 is 6.04 Å². The molecule has 1 aromatic carbocycles. The van der Waals surface area contributed by atoms with E-state index in [1.807, 2.05) is 30.3 Å². The third-order valence-electron chi connectivity index (χ3n) is 4.94. The Morgan fingerprint density at radius 1 is 1.07 bits per heavy atom. The zero-order valence-electron chi connectivity index (χ0n) is 16.1. The maximum absolute atomic E-state index is 13.1. The molecule has 1 N–H and O–H groups in total. The summed E-state index contributed by atoms with van der Waals surface area (Å²) in [6, 6.07) is 14.1. The molecule has 3 aromatic rings. The molecule has 3 heterocycles. The Labute approximate surface area is 168 Å². The molecule has 1 aliphatic heterocycles. The van der Waals surface area contributed by atoms with Gasteiger partial charge < -0.3 is 19.2 Å². The first-order valence-corrected chi connectivity index (χ1v) is 9.48. The van der Waals surface area contributed by atoms with Crippen molar-refractivity contribution in [2.75, 3.05) is 31.5 Å². The predicted molar refractivity (Wildman–Crippen MR) is 105 cm³/mol. The fraction of sp³-hybridized carbons (Fsp3) is 0.286. The first-order valence-electron chi connectivity index (χ1n) is 9.48. The van der Waals surface area contributed by atoms with Crippen molar-refractivity contribution in [1.29, 1.82) is 0 Å². The van der Waals surface area contributed by atoms with Gasteiger partial charge >= 0.3 is 0 Å². The van der Waals surface area contributed by atoms with Crippen molar-refractivity contribution in [2.45, 2.75) is 13.0 Å². The summed E-state index contributed by atoms with van der Waals surface area (Å²) in [5.74, 6) is 1.03. The number of nitrogens with zero attached hydrogens (tertiary/aromatic N) is 3. The van der Waals surface area contributed by atoms with E-state index in [-0.39, 0.29) is 11.8 Å². The summed E-state index contributed by atoms with van der Waals surface area (Å²) in [6.07, 6.45) is 1.49. The molecule has 1 atom stereocenters. The third kappa shape index (κ3) is 4.22. The maximum atomic E-state index is 13.1. The zero-order valence-corrected chi connectivity index (χ0v) is 16.1. The van der Waals surface area contributed by atoms with Crippen LogP contribution in [0.15, 0.2) is 63.7 Å². The summed E-state index contributed by atoms with van der Waals surface area (Å²) in [5.41, 5.74) is 0.885. The molecule has 150 valence electrons. The van der Waals surface area contributed by atoms with Gasteiger partial charge in [-0.1, -0.05) is 35.5 Å². The average Bonchev–Trinajstić information content (AvgIpc) is 3.41. The van der Waals surface area contributed by atoms with Gasteiger partial charge in [0.1, 0.15) is 11.8 Å². The summed E-state index contributed by atoms with van der Waals surface area (Å²) in [6.45, 7) is 3.93. The zero-order chi connectivity index (χ0) is 20.2. The molecule has 0 spiro atoms. The highest BCUT2D eigenvalue weighted by atomic mass is 16.5. The number of piperazine rings is 1. The molecule has 0 aliphatic carbocycles. The van der Waals surface area contributed by atoms with Crippen LogP contribution in [-0.2, 0) is 4.79 Å². The number of hydrogen-bond donors (Lipinski definition) is 1. The summed E-state index contributed by atoms with van der Waals surface area (Å²) < 4.78 is 10.3. The SMILES string of the molecule is Cc1cc(NC(=O)C(c2ccccc2)N2CCN(C(=O)c3ccco3)CC2)no1. The largest absolute Gasteiger partial charge is 0.459 e. The highest BCUT2D eigenvalue weighted by Gasteiger charge is 2.32. The van der Waals surface area contributed by atoms with Crippen LogP contribution in [0, 0.1) is 6.92 Å². The molecule has 2 aromatic heterocycles. The van der Waals surface area contributed by atoms with Crippen LogP contribution in [0.5, 0.6) is 0 Å². The Hall–Kier alpha value is -3.39. The molecule has 8 heteroatoms. The van der Waals surface area contributed by atoms with Crippen molar-refractivity contribution in [3.8, 4) is 0 Å². The molecule has 0 bridgehead atoms. The van der Waals surface area contributed by atoms with Crippen LogP contribution < -0.4 is 5.32 Å². The van der Waals surface area contributed by atoms with Gasteiger partial charge in [-0.3, -0.25) is 14.5 Å². The number of rotatable bonds is 5. The van der Waals surface area contributed by atoms with Crippen LogP contribution in [-0.4, -0.2) is 52.9 Å². The van der Waals surface area contributed by atoms with Crippen LogP contribution in [0.1, 0.15) is 27.9 Å². The Kier molecular flexibility index (Phi) is 5.44. The van der Waals surface area contributed by atoms with E-state index in [9.17, 15) is 9.59 Å². The van der Waals surface area contributed by atoms with Gasteiger partial charge in [-0.15, -0.1) is 0 Å². The fourth-order valence-electron chi connectivity index (χ4n) is 3.52. The number of carbonyl (C=O) groups is 2. The third-order valence-corrected chi connectivity index (χ3v) is 4.94. The molecule has 8 nitrogen and oxygen atoms in total. The summed E-state index contributed by atoms with van der Waals surface area (Å²) in [7, 11) is 0. The van der Waals surface area contributed by atoms with E-state index in [1.54, 1.807) is 30.0 Å². The minimum atomic E-state index is -0.492. The molecular weight excluding hydrogens is 372 g/mol. The normalized spacial score (nSPS) is 15.8. The van der Waals surface area contributed by atoms with Gasteiger partial charge in [-0.05, 0) is 24.6 Å². The van der Waals surface area contributed by atoms with Crippen LogP contribution in [0.4, 0.5) is 5.82 Å². The van der Waals surface area contributed by atoms with Gasteiger partial charge in [0, 0.05) is 32.2 Å². The number of amides is 2. The highest BCUT2D eigenvalue weighted by molar-refractivity contribution is 5.95. The van der Waals surface area contributed by atoms with Crippen molar-refractivity contribution in [3.63, 3.8) is 0 Å². The minimum Gasteiger partial charge on any atom is -0.459 e. The molecule has 1 aliphatic rings. The van der Waals surface area contributed by atoms with Crippen LogP contribution in [0.25, 0.3) is 0 Å². The molecule has 1 unspecified atom stereocenters. The Balaban J connectivity index is 1.48. The lowest BCUT2D eigenvalue weighted by Gasteiger charge is -2.38. The number of aromatic nitrogens is 1. The van der Waals surface area contributed by atoms with Crippen molar-refractivity contribution in [3.05, 3.63) is 71.9 Å². The quantitative estimate of drug-likeness (QED) is 0.715.